The van der Waals surface area contributed by atoms with Crippen molar-refractivity contribution >= 4 is 45.6 Å². The summed E-state index contributed by atoms with van der Waals surface area (Å²) >= 11 is 0. The molecule has 0 aliphatic carbocycles. The third kappa shape index (κ3) is 2.67. The molecule has 0 bridgehead atoms. The van der Waals surface area contributed by atoms with Crippen molar-refractivity contribution in [2.24, 2.45) is 0 Å². The van der Waals surface area contributed by atoms with Crippen LogP contribution in [0.25, 0.3) is 10.8 Å². The van der Waals surface area contributed by atoms with E-state index in [9.17, 15) is 24.5 Å². The second-order valence-electron chi connectivity index (χ2n) is 6.33. The van der Waals surface area contributed by atoms with E-state index in [0.717, 1.165) is 4.90 Å². The maximum atomic E-state index is 13.1. The largest absolute Gasteiger partial charge is 0.326 e. The summed E-state index contributed by atoms with van der Waals surface area (Å²) in [5.74, 6) is -1.39. The second-order valence-corrected chi connectivity index (χ2v) is 6.33. The summed E-state index contributed by atoms with van der Waals surface area (Å²) in [6, 6.07) is 13.6. The number of amides is 3. The van der Waals surface area contributed by atoms with Crippen LogP contribution in [0.3, 0.4) is 0 Å². The Balaban J connectivity index is 1.86. The van der Waals surface area contributed by atoms with Gasteiger partial charge in [-0.05, 0) is 35.7 Å². The first kappa shape index (κ1) is 17.3. The lowest BCUT2D eigenvalue weighted by Gasteiger charge is -2.27. The Kier molecular flexibility index (Phi) is 3.89. The van der Waals surface area contributed by atoms with Crippen molar-refractivity contribution in [3.8, 4) is 0 Å². The number of imide groups is 1. The quantitative estimate of drug-likeness (QED) is 0.428. The van der Waals surface area contributed by atoms with Crippen molar-refractivity contribution in [3.05, 3.63) is 75.8 Å². The van der Waals surface area contributed by atoms with Gasteiger partial charge in [0.15, 0.2) is 0 Å². The van der Waals surface area contributed by atoms with E-state index in [0.29, 0.717) is 27.7 Å². The van der Waals surface area contributed by atoms with Crippen LogP contribution in [0.4, 0.5) is 17.1 Å². The number of rotatable bonds is 3. The van der Waals surface area contributed by atoms with Gasteiger partial charge in [-0.2, -0.15) is 0 Å². The molecule has 28 heavy (non-hydrogen) atoms. The smallest absolute Gasteiger partial charge is 0.270 e. The fourth-order valence-corrected chi connectivity index (χ4v) is 3.33. The molecule has 8 nitrogen and oxygen atoms in total. The van der Waals surface area contributed by atoms with Gasteiger partial charge in [0, 0.05) is 35.7 Å². The Bertz CT molecular complexity index is 1180. The number of nitrogens with one attached hydrogen (secondary N) is 1. The maximum absolute atomic E-state index is 13.1. The summed E-state index contributed by atoms with van der Waals surface area (Å²) in [7, 11) is 0. The summed E-state index contributed by atoms with van der Waals surface area (Å²) in [6.07, 6.45) is 0. The molecule has 0 unspecified atom stereocenters. The predicted molar refractivity (Wildman–Crippen MR) is 102 cm³/mol. The van der Waals surface area contributed by atoms with Gasteiger partial charge in [0.1, 0.15) is 0 Å². The monoisotopic (exact) mass is 375 g/mol. The van der Waals surface area contributed by atoms with Gasteiger partial charge in [-0.3, -0.25) is 24.5 Å². The first-order chi connectivity index (χ1) is 13.4. The van der Waals surface area contributed by atoms with Crippen molar-refractivity contribution in [3.63, 3.8) is 0 Å². The average Bonchev–Trinajstić information content (AvgIpc) is 2.66. The molecular weight excluding hydrogens is 362 g/mol. The summed E-state index contributed by atoms with van der Waals surface area (Å²) in [5.41, 5.74) is 1.01. The molecule has 3 amide bonds. The van der Waals surface area contributed by atoms with E-state index in [1.54, 1.807) is 30.3 Å². The number of nitrogens with zero attached hydrogens (tertiary/aromatic N) is 2. The molecule has 8 heteroatoms. The fraction of sp³-hybridized carbons (Fsp3) is 0.0500. The molecule has 3 aromatic carbocycles. The highest BCUT2D eigenvalue weighted by Crippen LogP contribution is 2.35. The van der Waals surface area contributed by atoms with Crippen molar-refractivity contribution < 1.29 is 19.3 Å². The minimum absolute atomic E-state index is 0.102. The van der Waals surface area contributed by atoms with Crippen molar-refractivity contribution in [1.82, 2.24) is 0 Å². The zero-order chi connectivity index (χ0) is 20.0. The molecule has 0 saturated heterocycles. The fourth-order valence-electron chi connectivity index (χ4n) is 3.33. The Hall–Kier alpha value is -4.07. The Morgan fingerprint density at radius 3 is 2.32 bits per heavy atom. The lowest BCUT2D eigenvalue weighted by molar-refractivity contribution is -0.384. The summed E-state index contributed by atoms with van der Waals surface area (Å²) in [4.78, 5) is 48.9. The molecule has 1 heterocycles. The van der Waals surface area contributed by atoms with Gasteiger partial charge in [0.2, 0.25) is 5.91 Å². The van der Waals surface area contributed by atoms with Crippen LogP contribution in [0.15, 0.2) is 54.6 Å². The van der Waals surface area contributed by atoms with E-state index in [-0.39, 0.29) is 17.2 Å². The predicted octanol–water partition coefficient (Wildman–Crippen LogP) is 3.51. The Morgan fingerprint density at radius 2 is 1.68 bits per heavy atom. The van der Waals surface area contributed by atoms with E-state index in [1.165, 1.54) is 31.2 Å². The van der Waals surface area contributed by atoms with Crippen LogP contribution in [0, 0.1) is 10.1 Å². The van der Waals surface area contributed by atoms with Crippen LogP contribution >= 0.6 is 0 Å². The molecule has 1 aliphatic rings. The zero-order valence-corrected chi connectivity index (χ0v) is 14.6. The van der Waals surface area contributed by atoms with Gasteiger partial charge in [-0.25, -0.2) is 4.90 Å². The highest BCUT2D eigenvalue weighted by Gasteiger charge is 2.35. The normalized spacial score (nSPS) is 13.0. The van der Waals surface area contributed by atoms with E-state index >= 15 is 0 Å². The van der Waals surface area contributed by atoms with Gasteiger partial charge in [0.05, 0.1) is 16.2 Å². The molecule has 3 aromatic rings. The second kappa shape index (κ2) is 6.27. The van der Waals surface area contributed by atoms with Crippen molar-refractivity contribution in [2.45, 2.75) is 6.92 Å². The molecule has 0 atom stereocenters. The van der Waals surface area contributed by atoms with Gasteiger partial charge in [-0.15, -0.1) is 0 Å². The van der Waals surface area contributed by atoms with Crippen LogP contribution < -0.4 is 10.2 Å². The minimum Gasteiger partial charge on any atom is -0.326 e. The van der Waals surface area contributed by atoms with Crippen LogP contribution in [0.5, 0.6) is 0 Å². The number of hydrogen-bond donors (Lipinski definition) is 1. The van der Waals surface area contributed by atoms with Crippen LogP contribution in [0.1, 0.15) is 27.6 Å². The topological polar surface area (TPSA) is 110 Å². The molecule has 0 spiro atoms. The Labute approximate surface area is 158 Å². The number of carbonyl (C=O) groups excluding carboxylic acids is 3. The molecule has 0 aromatic heterocycles. The van der Waals surface area contributed by atoms with Gasteiger partial charge >= 0.3 is 0 Å². The van der Waals surface area contributed by atoms with E-state index < -0.39 is 16.7 Å². The number of benzene rings is 3. The standard InChI is InChI=1S/C20H13N3O5/c1-11(24)21-13-5-7-14(8-6-13)22-19(25)16-4-2-3-12-9-15(23(27)28)10-17(18(12)16)20(22)26/h2-10H,1H3,(H,21,24). The summed E-state index contributed by atoms with van der Waals surface area (Å²) in [6.45, 7) is 1.37. The minimum atomic E-state index is -0.635. The number of non-ortho nitro benzene ring substituents is 1. The maximum Gasteiger partial charge on any atom is 0.270 e. The van der Waals surface area contributed by atoms with E-state index in [1.807, 2.05) is 0 Å². The highest BCUT2D eigenvalue weighted by molar-refractivity contribution is 6.36. The lowest BCUT2D eigenvalue weighted by Crippen LogP contribution is -2.40. The molecule has 1 aliphatic heterocycles. The SMILES string of the molecule is CC(=O)Nc1ccc(N2C(=O)c3cccc4cc([N+](=O)[O-])cc(c34)C2=O)cc1. The molecule has 4 rings (SSSR count). The molecule has 0 radical (unpaired) electrons. The molecule has 0 saturated carbocycles. The van der Waals surface area contributed by atoms with Gasteiger partial charge in [-0.1, -0.05) is 12.1 Å². The van der Waals surface area contributed by atoms with Crippen molar-refractivity contribution in [2.75, 3.05) is 10.2 Å². The molecule has 138 valence electrons. The molecule has 1 N–H and O–H groups in total. The first-order valence-corrected chi connectivity index (χ1v) is 8.34. The van der Waals surface area contributed by atoms with Gasteiger partial charge < -0.3 is 5.32 Å². The first-order valence-electron chi connectivity index (χ1n) is 8.34. The lowest BCUT2D eigenvalue weighted by atomic mass is 9.93. The van der Waals surface area contributed by atoms with E-state index in [4.69, 9.17) is 0 Å². The molecule has 0 fully saturated rings. The number of anilines is 2. The third-order valence-corrected chi connectivity index (χ3v) is 4.49. The zero-order valence-electron chi connectivity index (χ0n) is 14.6. The third-order valence-electron chi connectivity index (χ3n) is 4.49. The number of carbonyl (C=O) groups is 3. The number of nitro benzene ring substituents is 1. The van der Waals surface area contributed by atoms with E-state index in [2.05, 4.69) is 5.32 Å². The number of nitro groups is 1. The Morgan fingerprint density at radius 1 is 1.00 bits per heavy atom. The summed E-state index contributed by atoms with van der Waals surface area (Å²) in [5, 5.41) is 14.7. The molecular formula is C20H13N3O5. The number of hydrogen-bond acceptors (Lipinski definition) is 5. The average molecular weight is 375 g/mol. The van der Waals surface area contributed by atoms with Crippen LogP contribution in [-0.4, -0.2) is 22.6 Å². The summed E-state index contributed by atoms with van der Waals surface area (Å²) < 4.78 is 0. The van der Waals surface area contributed by atoms with Crippen LogP contribution in [-0.2, 0) is 4.79 Å². The van der Waals surface area contributed by atoms with Gasteiger partial charge in [0.25, 0.3) is 17.5 Å². The van der Waals surface area contributed by atoms with Crippen molar-refractivity contribution in [1.29, 1.82) is 0 Å². The van der Waals surface area contributed by atoms with Crippen LogP contribution in [0.2, 0.25) is 0 Å². The highest BCUT2D eigenvalue weighted by atomic mass is 16.6.